The van der Waals surface area contributed by atoms with Crippen molar-refractivity contribution in [3.63, 3.8) is 0 Å². The van der Waals surface area contributed by atoms with Crippen LogP contribution < -0.4 is 5.32 Å². The molecular formula is C23H22F5N3O2. The van der Waals surface area contributed by atoms with Crippen molar-refractivity contribution in [2.24, 2.45) is 5.41 Å². The SMILES string of the molecule is O=C(Nc1ccc(C(F)(F)F)cc1)N1CCC2(CCN(C(=O)c3c(F)cccc3F)CC2)C1. The number of amides is 3. The van der Waals surface area contributed by atoms with Crippen molar-refractivity contribution in [3.8, 4) is 0 Å². The molecule has 1 N–H and O–H groups in total. The summed E-state index contributed by atoms with van der Waals surface area (Å²) in [5.41, 5.74) is -1.29. The molecule has 2 aliphatic rings. The predicted octanol–water partition coefficient (Wildman–Crippen LogP) is 5.14. The van der Waals surface area contributed by atoms with Crippen LogP contribution in [0.3, 0.4) is 0 Å². The highest BCUT2D eigenvalue weighted by molar-refractivity contribution is 5.95. The molecular weight excluding hydrogens is 445 g/mol. The second-order valence-corrected chi connectivity index (χ2v) is 8.57. The Morgan fingerprint density at radius 3 is 1.94 bits per heavy atom. The lowest BCUT2D eigenvalue weighted by Crippen LogP contribution is -2.45. The van der Waals surface area contributed by atoms with Crippen molar-refractivity contribution in [1.82, 2.24) is 9.80 Å². The van der Waals surface area contributed by atoms with E-state index in [2.05, 4.69) is 5.32 Å². The molecule has 2 aliphatic heterocycles. The number of nitrogens with one attached hydrogen (secondary N) is 1. The summed E-state index contributed by atoms with van der Waals surface area (Å²) in [6.07, 6.45) is -2.57. The molecule has 0 unspecified atom stereocenters. The number of piperidine rings is 1. The first-order valence-corrected chi connectivity index (χ1v) is 10.5. The number of nitrogens with zero attached hydrogens (tertiary/aromatic N) is 2. The summed E-state index contributed by atoms with van der Waals surface area (Å²) in [5, 5.41) is 2.62. The molecule has 2 saturated heterocycles. The number of hydrogen-bond acceptors (Lipinski definition) is 2. The molecule has 176 valence electrons. The predicted molar refractivity (Wildman–Crippen MR) is 111 cm³/mol. The number of benzene rings is 2. The second kappa shape index (κ2) is 8.64. The van der Waals surface area contributed by atoms with Crippen LogP contribution >= 0.6 is 0 Å². The zero-order valence-electron chi connectivity index (χ0n) is 17.6. The van der Waals surface area contributed by atoms with E-state index in [1.165, 1.54) is 23.1 Å². The molecule has 2 aromatic rings. The molecule has 3 amide bonds. The quantitative estimate of drug-likeness (QED) is 0.622. The molecule has 0 atom stereocenters. The van der Waals surface area contributed by atoms with Crippen LogP contribution in [-0.4, -0.2) is 47.9 Å². The average molecular weight is 467 g/mol. The van der Waals surface area contributed by atoms with Gasteiger partial charge in [-0.25, -0.2) is 13.6 Å². The minimum absolute atomic E-state index is 0.206. The Morgan fingerprint density at radius 1 is 0.848 bits per heavy atom. The topological polar surface area (TPSA) is 52.7 Å². The summed E-state index contributed by atoms with van der Waals surface area (Å²) in [5.74, 6) is -2.48. The van der Waals surface area contributed by atoms with Gasteiger partial charge in [-0.3, -0.25) is 4.79 Å². The third kappa shape index (κ3) is 4.79. The van der Waals surface area contributed by atoms with Crippen molar-refractivity contribution in [1.29, 1.82) is 0 Å². The largest absolute Gasteiger partial charge is 0.416 e. The molecule has 0 radical (unpaired) electrons. The fourth-order valence-corrected chi connectivity index (χ4v) is 4.51. The van der Waals surface area contributed by atoms with Gasteiger partial charge in [0.1, 0.15) is 17.2 Å². The van der Waals surface area contributed by atoms with Gasteiger partial charge < -0.3 is 15.1 Å². The van der Waals surface area contributed by atoms with Gasteiger partial charge in [0, 0.05) is 31.9 Å². The summed E-state index contributed by atoms with van der Waals surface area (Å²) in [6, 6.07) is 7.13. The van der Waals surface area contributed by atoms with Crippen LogP contribution in [0.1, 0.15) is 35.2 Å². The Kier molecular flexibility index (Phi) is 6.02. The van der Waals surface area contributed by atoms with E-state index < -0.39 is 40.9 Å². The van der Waals surface area contributed by atoms with Crippen molar-refractivity contribution in [3.05, 3.63) is 65.2 Å². The number of anilines is 1. The van der Waals surface area contributed by atoms with Gasteiger partial charge in [0.05, 0.1) is 5.56 Å². The fourth-order valence-electron chi connectivity index (χ4n) is 4.51. The number of halogens is 5. The molecule has 10 heteroatoms. The van der Waals surface area contributed by atoms with E-state index in [4.69, 9.17) is 0 Å². The zero-order valence-corrected chi connectivity index (χ0v) is 17.6. The summed E-state index contributed by atoms with van der Waals surface area (Å²) < 4.78 is 66.0. The first-order valence-electron chi connectivity index (χ1n) is 10.5. The van der Waals surface area contributed by atoms with Gasteiger partial charge in [-0.2, -0.15) is 13.2 Å². The number of hydrogen-bond donors (Lipinski definition) is 1. The molecule has 0 saturated carbocycles. The van der Waals surface area contributed by atoms with Crippen molar-refractivity contribution < 1.29 is 31.5 Å². The van der Waals surface area contributed by atoms with Gasteiger partial charge >= 0.3 is 12.2 Å². The highest BCUT2D eigenvalue weighted by Crippen LogP contribution is 2.41. The Labute approximate surface area is 187 Å². The van der Waals surface area contributed by atoms with Crippen molar-refractivity contribution in [2.45, 2.75) is 25.4 Å². The summed E-state index contributed by atoms with van der Waals surface area (Å²) in [6.45, 7) is 1.56. The molecule has 5 nitrogen and oxygen atoms in total. The van der Waals surface area contributed by atoms with Crippen molar-refractivity contribution in [2.75, 3.05) is 31.5 Å². The lowest BCUT2D eigenvalue weighted by Gasteiger charge is -2.39. The highest BCUT2D eigenvalue weighted by atomic mass is 19.4. The Hall–Kier alpha value is -3.17. The Morgan fingerprint density at radius 2 is 1.39 bits per heavy atom. The minimum Gasteiger partial charge on any atom is -0.338 e. The average Bonchev–Trinajstić information content (AvgIpc) is 3.17. The van der Waals surface area contributed by atoms with Crippen LogP contribution in [0.2, 0.25) is 0 Å². The number of alkyl halides is 3. The van der Waals surface area contributed by atoms with Crippen LogP contribution in [0.25, 0.3) is 0 Å². The third-order valence-electron chi connectivity index (χ3n) is 6.48. The summed E-state index contributed by atoms with van der Waals surface area (Å²) in [4.78, 5) is 28.2. The molecule has 0 aliphatic carbocycles. The number of carbonyl (C=O) groups is 2. The molecule has 4 rings (SSSR count). The van der Waals surface area contributed by atoms with Gasteiger partial charge in [0.25, 0.3) is 5.91 Å². The molecule has 2 fully saturated rings. The van der Waals surface area contributed by atoms with Crippen molar-refractivity contribution >= 4 is 17.6 Å². The van der Waals surface area contributed by atoms with Gasteiger partial charge in [0.15, 0.2) is 0 Å². The van der Waals surface area contributed by atoms with E-state index in [1.54, 1.807) is 4.90 Å². The van der Waals surface area contributed by atoms with Crippen LogP contribution in [0.5, 0.6) is 0 Å². The van der Waals surface area contributed by atoms with Crippen LogP contribution in [-0.2, 0) is 6.18 Å². The number of urea groups is 1. The van der Waals surface area contributed by atoms with Crippen LogP contribution in [0, 0.1) is 17.0 Å². The van der Waals surface area contributed by atoms with E-state index in [1.807, 2.05) is 0 Å². The van der Waals surface area contributed by atoms with Crippen LogP contribution in [0.4, 0.5) is 32.4 Å². The minimum atomic E-state index is -4.45. The van der Waals surface area contributed by atoms with Gasteiger partial charge in [-0.05, 0) is 61.1 Å². The normalized spacial score (nSPS) is 18.0. The van der Waals surface area contributed by atoms with E-state index in [0.717, 1.165) is 24.3 Å². The number of likely N-dealkylation sites (tertiary alicyclic amines) is 2. The Balaban J connectivity index is 1.33. The fraction of sp³-hybridized carbons (Fsp3) is 0.391. The summed E-state index contributed by atoms with van der Waals surface area (Å²) in [7, 11) is 0. The lowest BCUT2D eigenvalue weighted by atomic mass is 9.77. The monoisotopic (exact) mass is 467 g/mol. The lowest BCUT2D eigenvalue weighted by molar-refractivity contribution is -0.137. The zero-order chi connectivity index (χ0) is 23.8. The molecule has 1 spiro atoms. The first-order chi connectivity index (χ1) is 15.6. The van der Waals surface area contributed by atoms with E-state index in [-0.39, 0.29) is 11.1 Å². The number of carbonyl (C=O) groups excluding carboxylic acids is 2. The van der Waals surface area contributed by atoms with Gasteiger partial charge in [-0.1, -0.05) is 6.07 Å². The molecule has 2 heterocycles. The standard InChI is InChI=1S/C23H22F5N3O2/c24-17-2-1-3-18(25)19(17)20(32)30-11-8-22(9-12-30)10-13-31(14-22)21(33)29-16-6-4-15(5-7-16)23(26,27)28/h1-7H,8-14H2,(H,29,33). The molecule has 33 heavy (non-hydrogen) atoms. The first kappa shape index (κ1) is 23.0. The van der Waals surface area contributed by atoms with E-state index >= 15 is 0 Å². The maximum atomic E-state index is 14.0. The molecule has 2 aromatic carbocycles. The smallest absolute Gasteiger partial charge is 0.338 e. The summed E-state index contributed by atoms with van der Waals surface area (Å²) >= 11 is 0. The van der Waals surface area contributed by atoms with E-state index in [9.17, 15) is 31.5 Å². The molecule has 0 bridgehead atoms. The Bertz CT molecular complexity index is 1030. The highest BCUT2D eigenvalue weighted by Gasteiger charge is 2.43. The third-order valence-corrected chi connectivity index (χ3v) is 6.48. The van der Waals surface area contributed by atoms with E-state index in [0.29, 0.717) is 45.4 Å². The molecule has 0 aromatic heterocycles. The van der Waals surface area contributed by atoms with Gasteiger partial charge in [0.2, 0.25) is 0 Å². The van der Waals surface area contributed by atoms with Gasteiger partial charge in [-0.15, -0.1) is 0 Å². The maximum absolute atomic E-state index is 14.0. The maximum Gasteiger partial charge on any atom is 0.416 e. The number of rotatable bonds is 2. The second-order valence-electron chi connectivity index (χ2n) is 8.57. The van der Waals surface area contributed by atoms with Crippen LogP contribution in [0.15, 0.2) is 42.5 Å².